The Kier molecular flexibility index (Phi) is 3.11. The number of carboxylic acid groups (broad SMARTS) is 1. The SMILES string of the molecule is CC(C)N1C(=O)c2ccccc2C(C(=O)O)C1C. The Labute approximate surface area is 106 Å². The Bertz CT molecular complexity index is 496. The highest BCUT2D eigenvalue weighted by molar-refractivity contribution is 6.00. The maximum absolute atomic E-state index is 12.4. The van der Waals surface area contributed by atoms with Gasteiger partial charge in [-0.1, -0.05) is 18.2 Å². The zero-order valence-corrected chi connectivity index (χ0v) is 10.8. The zero-order chi connectivity index (χ0) is 13.4. The molecule has 4 nitrogen and oxygen atoms in total. The van der Waals surface area contributed by atoms with E-state index in [-0.39, 0.29) is 18.0 Å². The van der Waals surface area contributed by atoms with Crippen molar-refractivity contribution in [3.63, 3.8) is 0 Å². The highest BCUT2D eigenvalue weighted by Crippen LogP contribution is 2.34. The number of nitrogens with zero attached hydrogens (tertiary/aromatic N) is 1. The molecule has 0 spiro atoms. The number of hydrogen-bond acceptors (Lipinski definition) is 2. The third kappa shape index (κ3) is 1.78. The fourth-order valence-corrected chi connectivity index (χ4v) is 2.75. The molecule has 0 radical (unpaired) electrons. The van der Waals surface area contributed by atoms with Crippen molar-refractivity contribution in [2.75, 3.05) is 0 Å². The monoisotopic (exact) mass is 247 g/mol. The van der Waals surface area contributed by atoms with E-state index in [0.717, 1.165) is 0 Å². The normalized spacial score (nSPS) is 23.1. The van der Waals surface area contributed by atoms with Crippen LogP contribution in [-0.2, 0) is 4.79 Å². The molecule has 1 aliphatic rings. The third-order valence-electron chi connectivity index (χ3n) is 3.50. The highest BCUT2D eigenvalue weighted by atomic mass is 16.4. The molecular weight excluding hydrogens is 230 g/mol. The number of carbonyl (C=O) groups is 2. The molecule has 1 aromatic carbocycles. The van der Waals surface area contributed by atoms with Crippen LogP contribution < -0.4 is 0 Å². The van der Waals surface area contributed by atoms with Crippen LogP contribution in [0.1, 0.15) is 42.6 Å². The summed E-state index contributed by atoms with van der Waals surface area (Å²) in [6, 6.07) is 6.64. The summed E-state index contributed by atoms with van der Waals surface area (Å²) < 4.78 is 0. The molecule has 0 saturated heterocycles. The van der Waals surface area contributed by atoms with Crippen LogP contribution in [0.2, 0.25) is 0 Å². The van der Waals surface area contributed by atoms with Gasteiger partial charge in [0.15, 0.2) is 0 Å². The summed E-state index contributed by atoms with van der Waals surface area (Å²) in [5.41, 5.74) is 1.14. The van der Waals surface area contributed by atoms with Gasteiger partial charge in [0.25, 0.3) is 5.91 Å². The summed E-state index contributed by atoms with van der Waals surface area (Å²) in [5.74, 6) is -1.61. The van der Waals surface area contributed by atoms with Crippen molar-refractivity contribution >= 4 is 11.9 Å². The third-order valence-corrected chi connectivity index (χ3v) is 3.50. The molecule has 1 aliphatic heterocycles. The Hall–Kier alpha value is -1.84. The molecule has 4 heteroatoms. The first kappa shape index (κ1) is 12.6. The molecule has 2 rings (SSSR count). The van der Waals surface area contributed by atoms with Gasteiger partial charge < -0.3 is 10.0 Å². The molecule has 0 saturated carbocycles. The Balaban J connectivity index is 2.60. The van der Waals surface area contributed by atoms with Crippen LogP contribution in [0.5, 0.6) is 0 Å². The van der Waals surface area contributed by atoms with Crippen LogP contribution in [-0.4, -0.2) is 34.0 Å². The first-order valence-electron chi connectivity index (χ1n) is 6.09. The summed E-state index contributed by atoms with van der Waals surface area (Å²) in [6.45, 7) is 5.61. The second-order valence-electron chi connectivity index (χ2n) is 4.95. The molecule has 0 aromatic heterocycles. The second-order valence-corrected chi connectivity index (χ2v) is 4.95. The van der Waals surface area contributed by atoms with E-state index in [1.54, 1.807) is 36.1 Å². The maximum atomic E-state index is 12.4. The fourth-order valence-electron chi connectivity index (χ4n) is 2.75. The Morgan fingerprint density at radius 2 is 1.94 bits per heavy atom. The minimum absolute atomic E-state index is 0.0114. The summed E-state index contributed by atoms with van der Waals surface area (Å²) >= 11 is 0. The molecule has 96 valence electrons. The molecule has 1 aromatic rings. The van der Waals surface area contributed by atoms with Crippen LogP contribution in [0.25, 0.3) is 0 Å². The van der Waals surface area contributed by atoms with E-state index in [4.69, 9.17) is 0 Å². The van der Waals surface area contributed by atoms with Gasteiger partial charge in [0.2, 0.25) is 0 Å². The van der Waals surface area contributed by atoms with E-state index in [1.807, 2.05) is 13.8 Å². The molecule has 2 unspecified atom stereocenters. The minimum Gasteiger partial charge on any atom is -0.481 e. The highest BCUT2D eigenvalue weighted by Gasteiger charge is 2.41. The van der Waals surface area contributed by atoms with Gasteiger partial charge in [-0.25, -0.2) is 0 Å². The summed E-state index contributed by atoms with van der Waals surface area (Å²) in [4.78, 5) is 25.5. The van der Waals surface area contributed by atoms with Crippen LogP contribution in [0.4, 0.5) is 0 Å². The molecular formula is C14H17NO3. The zero-order valence-electron chi connectivity index (χ0n) is 10.8. The number of carboxylic acids is 1. The number of aliphatic carboxylic acids is 1. The summed E-state index contributed by atoms with van der Waals surface area (Å²) in [7, 11) is 0. The lowest BCUT2D eigenvalue weighted by atomic mass is 9.83. The van der Waals surface area contributed by atoms with Crippen LogP contribution in [0.3, 0.4) is 0 Å². The van der Waals surface area contributed by atoms with Crippen molar-refractivity contribution in [2.24, 2.45) is 0 Å². The molecule has 18 heavy (non-hydrogen) atoms. The van der Waals surface area contributed by atoms with Crippen molar-refractivity contribution in [1.29, 1.82) is 0 Å². The second kappa shape index (κ2) is 4.44. The number of benzene rings is 1. The minimum atomic E-state index is -0.881. The van der Waals surface area contributed by atoms with E-state index < -0.39 is 11.9 Å². The molecule has 0 bridgehead atoms. The molecule has 1 heterocycles. The lowest BCUT2D eigenvalue weighted by Crippen LogP contribution is -2.51. The number of hydrogen-bond donors (Lipinski definition) is 1. The van der Waals surface area contributed by atoms with Crippen molar-refractivity contribution in [2.45, 2.75) is 38.8 Å². The maximum Gasteiger partial charge on any atom is 0.313 e. The van der Waals surface area contributed by atoms with E-state index in [1.165, 1.54) is 0 Å². The molecule has 1 amide bonds. The molecule has 0 fully saturated rings. The van der Waals surface area contributed by atoms with Gasteiger partial charge in [-0.3, -0.25) is 9.59 Å². The number of amides is 1. The van der Waals surface area contributed by atoms with Crippen molar-refractivity contribution < 1.29 is 14.7 Å². The Morgan fingerprint density at radius 3 is 2.50 bits per heavy atom. The molecule has 0 aliphatic carbocycles. The van der Waals surface area contributed by atoms with Gasteiger partial charge in [-0.2, -0.15) is 0 Å². The standard InChI is InChI=1S/C14H17NO3/c1-8(2)15-9(3)12(14(17)18)10-6-4-5-7-11(10)13(15)16/h4-9,12H,1-3H3,(H,17,18). The molecule has 1 N–H and O–H groups in total. The fraction of sp³-hybridized carbons (Fsp3) is 0.429. The average molecular weight is 247 g/mol. The van der Waals surface area contributed by atoms with Gasteiger partial charge in [-0.15, -0.1) is 0 Å². The van der Waals surface area contributed by atoms with Crippen LogP contribution in [0.15, 0.2) is 24.3 Å². The predicted octanol–water partition coefficient (Wildman–Crippen LogP) is 2.11. The number of rotatable bonds is 2. The van der Waals surface area contributed by atoms with Gasteiger partial charge in [0.05, 0.1) is 0 Å². The van der Waals surface area contributed by atoms with Crippen molar-refractivity contribution in [1.82, 2.24) is 4.90 Å². The quantitative estimate of drug-likeness (QED) is 0.870. The van der Waals surface area contributed by atoms with Crippen LogP contribution >= 0.6 is 0 Å². The van der Waals surface area contributed by atoms with Gasteiger partial charge in [-0.05, 0) is 32.4 Å². The van der Waals surface area contributed by atoms with E-state index in [0.29, 0.717) is 11.1 Å². The largest absolute Gasteiger partial charge is 0.481 e. The Morgan fingerprint density at radius 1 is 1.33 bits per heavy atom. The van der Waals surface area contributed by atoms with E-state index in [9.17, 15) is 14.7 Å². The number of carbonyl (C=O) groups excluding carboxylic acids is 1. The van der Waals surface area contributed by atoms with Crippen molar-refractivity contribution in [3.8, 4) is 0 Å². The number of fused-ring (bicyclic) bond motifs is 1. The lowest BCUT2D eigenvalue weighted by molar-refractivity contribution is -0.140. The average Bonchev–Trinajstić information content (AvgIpc) is 2.28. The lowest BCUT2D eigenvalue weighted by Gasteiger charge is -2.41. The van der Waals surface area contributed by atoms with Gasteiger partial charge >= 0.3 is 5.97 Å². The summed E-state index contributed by atoms with van der Waals surface area (Å²) in [5, 5.41) is 9.40. The smallest absolute Gasteiger partial charge is 0.313 e. The van der Waals surface area contributed by atoms with E-state index in [2.05, 4.69) is 0 Å². The predicted molar refractivity (Wildman–Crippen MR) is 67.6 cm³/mol. The van der Waals surface area contributed by atoms with E-state index >= 15 is 0 Å². The van der Waals surface area contributed by atoms with Crippen LogP contribution in [0, 0.1) is 0 Å². The van der Waals surface area contributed by atoms with Gasteiger partial charge in [0, 0.05) is 17.6 Å². The summed E-state index contributed by atoms with van der Waals surface area (Å²) in [6.07, 6.45) is 0. The van der Waals surface area contributed by atoms with Gasteiger partial charge in [0.1, 0.15) is 5.92 Å². The topological polar surface area (TPSA) is 57.6 Å². The first-order valence-corrected chi connectivity index (χ1v) is 6.09. The first-order chi connectivity index (χ1) is 8.45. The van der Waals surface area contributed by atoms with Crippen molar-refractivity contribution in [3.05, 3.63) is 35.4 Å². The molecule has 2 atom stereocenters.